The van der Waals surface area contributed by atoms with Gasteiger partial charge in [-0.25, -0.2) is 4.79 Å². The maximum Gasteiger partial charge on any atom is 0.320 e. The van der Waals surface area contributed by atoms with Crippen LogP contribution in [0.2, 0.25) is 0 Å². The number of nitrogens with two attached hydrogens (primary N) is 1. The normalized spacial score (nSPS) is 33.3. The molecular weight excluding hydrogens is 190 g/mol. The highest BCUT2D eigenvalue weighted by Gasteiger charge is 2.33. The molecule has 1 aliphatic heterocycles. The topological polar surface area (TPSA) is 49.6 Å². The van der Waals surface area contributed by atoms with E-state index < -0.39 is 0 Å². The Morgan fingerprint density at radius 3 is 2.67 bits per heavy atom. The molecule has 2 unspecified atom stereocenters. The van der Waals surface area contributed by atoms with Gasteiger partial charge in [-0.1, -0.05) is 12.8 Å². The second-order valence-electron chi connectivity index (χ2n) is 4.77. The highest BCUT2D eigenvalue weighted by Crippen LogP contribution is 2.24. The van der Waals surface area contributed by atoms with Crippen LogP contribution in [-0.4, -0.2) is 48.1 Å². The summed E-state index contributed by atoms with van der Waals surface area (Å²) in [4.78, 5) is 15.8. The Kier molecular flexibility index (Phi) is 3.14. The van der Waals surface area contributed by atoms with Gasteiger partial charge in [0.25, 0.3) is 0 Å². The summed E-state index contributed by atoms with van der Waals surface area (Å²) in [5.74, 6) is 0. The van der Waals surface area contributed by atoms with Crippen molar-refractivity contribution in [2.45, 2.75) is 44.2 Å². The van der Waals surface area contributed by atoms with Crippen molar-refractivity contribution in [2.24, 2.45) is 5.73 Å². The Bertz CT molecular complexity index is 244. The van der Waals surface area contributed by atoms with Crippen LogP contribution in [0.3, 0.4) is 0 Å². The highest BCUT2D eigenvalue weighted by molar-refractivity contribution is 5.75. The first-order valence-electron chi connectivity index (χ1n) is 5.97. The third kappa shape index (κ3) is 2.09. The van der Waals surface area contributed by atoms with Gasteiger partial charge >= 0.3 is 6.03 Å². The first-order valence-corrected chi connectivity index (χ1v) is 5.97. The number of carbonyl (C=O) groups excluding carboxylic acids is 1. The number of carbonyl (C=O) groups is 1. The van der Waals surface area contributed by atoms with E-state index >= 15 is 0 Å². The number of urea groups is 1. The van der Waals surface area contributed by atoms with Gasteiger partial charge in [0, 0.05) is 32.2 Å². The number of hydrogen-bond donors (Lipinski definition) is 1. The van der Waals surface area contributed by atoms with Gasteiger partial charge in [0.1, 0.15) is 0 Å². The van der Waals surface area contributed by atoms with Crippen LogP contribution in [-0.2, 0) is 0 Å². The Morgan fingerprint density at radius 2 is 1.93 bits per heavy atom. The molecule has 2 aliphatic rings. The van der Waals surface area contributed by atoms with E-state index in [9.17, 15) is 4.79 Å². The van der Waals surface area contributed by atoms with Crippen molar-refractivity contribution in [3.05, 3.63) is 0 Å². The van der Waals surface area contributed by atoms with Crippen LogP contribution in [0.25, 0.3) is 0 Å². The summed E-state index contributed by atoms with van der Waals surface area (Å²) in [5, 5.41) is 0. The summed E-state index contributed by atoms with van der Waals surface area (Å²) >= 11 is 0. The van der Waals surface area contributed by atoms with E-state index in [1.54, 1.807) is 0 Å². The van der Waals surface area contributed by atoms with E-state index in [4.69, 9.17) is 5.73 Å². The van der Waals surface area contributed by atoms with Gasteiger partial charge in [-0.2, -0.15) is 0 Å². The van der Waals surface area contributed by atoms with Crippen molar-refractivity contribution in [1.82, 2.24) is 9.80 Å². The van der Waals surface area contributed by atoms with Gasteiger partial charge < -0.3 is 15.5 Å². The number of hydrogen-bond acceptors (Lipinski definition) is 2. The van der Waals surface area contributed by atoms with Crippen LogP contribution in [0.5, 0.6) is 0 Å². The maximum absolute atomic E-state index is 12.0. The highest BCUT2D eigenvalue weighted by atomic mass is 16.2. The Hall–Kier alpha value is -0.770. The molecule has 2 fully saturated rings. The molecule has 4 nitrogen and oxygen atoms in total. The molecule has 2 rings (SSSR count). The fraction of sp³-hybridized carbons (Fsp3) is 0.909. The SMILES string of the molecule is CN1CCCN(C2CCCCC2N)C1=O. The minimum Gasteiger partial charge on any atom is -0.328 e. The molecule has 0 bridgehead atoms. The monoisotopic (exact) mass is 211 g/mol. The molecule has 2 amide bonds. The third-order valence-electron chi connectivity index (χ3n) is 3.65. The molecule has 86 valence electrons. The van der Waals surface area contributed by atoms with Crippen molar-refractivity contribution in [1.29, 1.82) is 0 Å². The second kappa shape index (κ2) is 4.39. The van der Waals surface area contributed by atoms with Crippen LogP contribution >= 0.6 is 0 Å². The summed E-state index contributed by atoms with van der Waals surface area (Å²) in [6.07, 6.45) is 5.66. The quantitative estimate of drug-likeness (QED) is 0.704. The first kappa shape index (κ1) is 10.7. The standard InChI is InChI=1S/C11H21N3O/c1-13-7-4-8-14(11(13)15)10-6-3-2-5-9(10)12/h9-10H,2-8,12H2,1H3. The van der Waals surface area contributed by atoms with Gasteiger partial charge in [-0.05, 0) is 19.3 Å². The number of amides is 2. The number of rotatable bonds is 1. The van der Waals surface area contributed by atoms with Crippen molar-refractivity contribution in [3.8, 4) is 0 Å². The smallest absolute Gasteiger partial charge is 0.320 e. The van der Waals surface area contributed by atoms with E-state index in [1.807, 2.05) is 16.8 Å². The van der Waals surface area contributed by atoms with E-state index in [0.717, 1.165) is 32.4 Å². The van der Waals surface area contributed by atoms with E-state index in [2.05, 4.69) is 0 Å². The van der Waals surface area contributed by atoms with Crippen molar-refractivity contribution in [2.75, 3.05) is 20.1 Å². The predicted molar refractivity (Wildman–Crippen MR) is 59.6 cm³/mol. The largest absolute Gasteiger partial charge is 0.328 e. The molecule has 15 heavy (non-hydrogen) atoms. The molecule has 1 aliphatic carbocycles. The average Bonchev–Trinajstić information content (AvgIpc) is 2.23. The molecule has 2 N–H and O–H groups in total. The van der Waals surface area contributed by atoms with Gasteiger partial charge in [-0.3, -0.25) is 0 Å². The van der Waals surface area contributed by atoms with E-state index in [1.165, 1.54) is 12.8 Å². The number of nitrogens with zero attached hydrogens (tertiary/aromatic N) is 2. The molecule has 0 radical (unpaired) electrons. The fourth-order valence-electron chi connectivity index (χ4n) is 2.72. The minimum atomic E-state index is 0.170. The molecule has 0 aromatic heterocycles. The van der Waals surface area contributed by atoms with Gasteiger partial charge in [0.15, 0.2) is 0 Å². The maximum atomic E-state index is 12.0. The fourth-order valence-corrected chi connectivity index (χ4v) is 2.72. The summed E-state index contributed by atoms with van der Waals surface area (Å²) in [5.41, 5.74) is 6.11. The van der Waals surface area contributed by atoms with Crippen LogP contribution < -0.4 is 5.73 Å². The van der Waals surface area contributed by atoms with Crippen LogP contribution in [0.1, 0.15) is 32.1 Å². The molecule has 2 atom stereocenters. The van der Waals surface area contributed by atoms with Gasteiger partial charge in [-0.15, -0.1) is 0 Å². The Labute approximate surface area is 91.4 Å². The molecule has 1 saturated heterocycles. The summed E-state index contributed by atoms with van der Waals surface area (Å²) < 4.78 is 0. The molecule has 4 heteroatoms. The summed E-state index contributed by atoms with van der Waals surface area (Å²) in [6.45, 7) is 1.78. The van der Waals surface area contributed by atoms with Gasteiger partial charge in [0.2, 0.25) is 0 Å². The van der Waals surface area contributed by atoms with E-state index in [-0.39, 0.29) is 18.1 Å². The lowest BCUT2D eigenvalue weighted by atomic mass is 9.89. The molecule has 0 aromatic carbocycles. The van der Waals surface area contributed by atoms with Crippen molar-refractivity contribution < 1.29 is 4.79 Å². The molecular formula is C11H21N3O. The Morgan fingerprint density at radius 1 is 1.20 bits per heavy atom. The lowest BCUT2D eigenvalue weighted by molar-refractivity contribution is 0.0969. The molecule has 1 saturated carbocycles. The van der Waals surface area contributed by atoms with Crippen molar-refractivity contribution in [3.63, 3.8) is 0 Å². The Balaban J connectivity index is 2.04. The summed E-state index contributed by atoms with van der Waals surface area (Å²) in [6, 6.07) is 0.645. The van der Waals surface area contributed by atoms with Crippen LogP contribution in [0.4, 0.5) is 4.79 Å². The minimum absolute atomic E-state index is 0.170. The second-order valence-corrected chi connectivity index (χ2v) is 4.77. The zero-order chi connectivity index (χ0) is 10.8. The molecule has 1 heterocycles. The van der Waals surface area contributed by atoms with E-state index in [0.29, 0.717) is 0 Å². The zero-order valence-electron chi connectivity index (χ0n) is 9.48. The lowest BCUT2D eigenvalue weighted by Crippen LogP contribution is -2.57. The summed E-state index contributed by atoms with van der Waals surface area (Å²) in [7, 11) is 1.88. The van der Waals surface area contributed by atoms with Crippen LogP contribution in [0, 0.1) is 0 Å². The third-order valence-corrected chi connectivity index (χ3v) is 3.65. The van der Waals surface area contributed by atoms with Crippen molar-refractivity contribution >= 4 is 6.03 Å². The lowest BCUT2D eigenvalue weighted by Gasteiger charge is -2.42. The average molecular weight is 211 g/mol. The van der Waals surface area contributed by atoms with Crippen LogP contribution in [0.15, 0.2) is 0 Å². The van der Waals surface area contributed by atoms with Gasteiger partial charge in [0.05, 0.1) is 0 Å². The first-order chi connectivity index (χ1) is 7.20. The molecule has 0 aromatic rings. The predicted octanol–water partition coefficient (Wildman–Crippen LogP) is 1.01. The molecule has 0 spiro atoms. The zero-order valence-corrected chi connectivity index (χ0v) is 9.48.